The topological polar surface area (TPSA) is 75.7 Å². The second kappa shape index (κ2) is 7.56. The normalized spacial score (nSPS) is 23.1. The molecule has 0 unspecified atom stereocenters. The van der Waals surface area contributed by atoms with Gasteiger partial charge in [0.1, 0.15) is 0 Å². The van der Waals surface area contributed by atoms with Gasteiger partial charge in [0.15, 0.2) is 0 Å². The maximum atomic E-state index is 12.3. The van der Waals surface area contributed by atoms with E-state index < -0.39 is 10.2 Å². The number of hydrogen-bond acceptors (Lipinski definition) is 4. The Kier molecular flexibility index (Phi) is 6.01. The number of methoxy groups -OCH3 is 1. The van der Waals surface area contributed by atoms with E-state index >= 15 is 0 Å². The lowest BCUT2D eigenvalue weighted by Gasteiger charge is -2.30. The summed E-state index contributed by atoms with van der Waals surface area (Å²) in [6.07, 6.45) is 6.99. The van der Waals surface area contributed by atoms with Gasteiger partial charge < -0.3 is 4.74 Å². The highest BCUT2D eigenvalue weighted by atomic mass is 32.2. The van der Waals surface area contributed by atoms with Crippen LogP contribution in [0.3, 0.4) is 0 Å². The summed E-state index contributed by atoms with van der Waals surface area (Å²) in [6, 6.07) is 0. The number of hydrogen-bond donors (Lipinski definition) is 1. The predicted molar refractivity (Wildman–Crippen MR) is 79.8 cm³/mol. The monoisotopic (exact) mass is 318 g/mol. The van der Waals surface area contributed by atoms with Crippen LogP contribution in [0.2, 0.25) is 0 Å². The smallest absolute Gasteiger partial charge is 0.308 e. The molecule has 0 aromatic carbocycles. The van der Waals surface area contributed by atoms with Crippen LogP contribution < -0.4 is 4.72 Å². The van der Waals surface area contributed by atoms with Gasteiger partial charge in [-0.15, -0.1) is 0 Å². The van der Waals surface area contributed by atoms with E-state index in [-0.39, 0.29) is 11.9 Å². The average Bonchev–Trinajstić information content (AvgIpc) is 2.53. The highest BCUT2D eigenvalue weighted by molar-refractivity contribution is 7.87. The minimum Gasteiger partial charge on any atom is -0.469 e. The summed E-state index contributed by atoms with van der Waals surface area (Å²) in [5.74, 6) is 0.0724. The molecule has 0 radical (unpaired) electrons. The molecule has 1 aliphatic heterocycles. The number of piperidine rings is 1. The van der Waals surface area contributed by atoms with Gasteiger partial charge in [-0.05, 0) is 31.6 Å². The first-order valence-corrected chi connectivity index (χ1v) is 9.29. The summed E-state index contributed by atoms with van der Waals surface area (Å²) < 4.78 is 33.5. The molecule has 0 atom stereocenters. The van der Waals surface area contributed by atoms with Crippen LogP contribution in [-0.2, 0) is 19.7 Å². The molecule has 1 aliphatic carbocycles. The Labute approximate surface area is 127 Å². The molecule has 0 spiro atoms. The Bertz CT molecular complexity index is 438. The molecular weight excluding hydrogens is 292 g/mol. The van der Waals surface area contributed by atoms with Gasteiger partial charge >= 0.3 is 5.97 Å². The molecule has 2 fully saturated rings. The van der Waals surface area contributed by atoms with E-state index in [1.54, 1.807) is 0 Å². The first-order chi connectivity index (χ1) is 10.0. The quantitative estimate of drug-likeness (QED) is 0.775. The molecule has 2 aliphatic rings. The van der Waals surface area contributed by atoms with Crippen molar-refractivity contribution in [3.8, 4) is 0 Å². The van der Waals surface area contributed by atoms with Crippen molar-refractivity contribution < 1.29 is 17.9 Å². The first-order valence-electron chi connectivity index (χ1n) is 7.85. The van der Waals surface area contributed by atoms with Crippen LogP contribution in [0.5, 0.6) is 0 Å². The molecular formula is C14H26N2O4S. The van der Waals surface area contributed by atoms with Gasteiger partial charge in [0.05, 0.1) is 13.0 Å². The van der Waals surface area contributed by atoms with Crippen LogP contribution in [0, 0.1) is 11.8 Å². The summed E-state index contributed by atoms with van der Waals surface area (Å²) in [5.41, 5.74) is 0. The molecule has 122 valence electrons. The molecule has 21 heavy (non-hydrogen) atoms. The van der Waals surface area contributed by atoms with E-state index in [0.717, 1.165) is 12.8 Å². The van der Waals surface area contributed by atoms with Crippen molar-refractivity contribution in [1.29, 1.82) is 0 Å². The Morgan fingerprint density at radius 3 is 2.33 bits per heavy atom. The molecule has 1 saturated carbocycles. The molecule has 1 N–H and O–H groups in total. The minimum atomic E-state index is -3.41. The van der Waals surface area contributed by atoms with Gasteiger partial charge in [-0.25, -0.2) is 4.72 Å². The average molecular weight is 318 g/mol. The van der Waals surface area contributed by atoms with Crippen LogP contribution in [0.1, 0.15) is 44.9 Å². The Morgan fingerprint density at radius 2 is 1.76 bits per heavy atom. The van der Waals surface area contributed by atoms with Gasteiger partial charge in [-0.3, -0.25) is 4.79 Å². The van der Waals surface area contributed by atoms with Gasteiger partial charge in [-0.2, -0.15) is 12.7 Å². The standard InChI is InChI=1S/C14H26N2O4S/c1-20-14(17)13-7-9-16(10-8-13)21(18,19)15-11-12-5-3-2-4-6-12/h12-13,15H,2-11H2,1H3. The second-order valence-corrected chi connectivity index (χ2v) is 7.81. The lowest BCUT2D eigenvalue weighted by atomic mass is 9.90. The van der Waals surface area contributed by atoms with Gasteiger partial charge in [0, 0.05) is 19.6 Å². The van der Waals surface area contributed by atoms with E-state index in [1.807, 2.05) is 0 Å². The Balaban J connectivity index is 1.79. The van der Waals surface area contributed by atoms with Gasteiger partial charge in [0.2, 0.25) is 0 Å². The second-order valence-electron chi connectivity index (χ2n) is 6.05. The number of carbonyl (C=O) groups is 1. The Hall–Kier alpha value is -0.660. The zero-order valence-corrected chi connectivity index (χ0v) is 13.5. The van der Waals surface area contributed by atoms with Crippen molar-refractivity contribution in [2.75, 3.05) is 26.7 Å². The summed E-state index contributed by atoms with van der Waals surface area (Å²) in [6.45, 7) is 1.32. The molecule has 0 amide bonds. The van der Waals surface area contributed by atoms with Crippen LogP contribution in [-0.4, -0.2) is 45.4 Å². The van der Waals surface area contributed by atoms with Crippen molar-refractivity contribution in [1.82, 2.24) is 9.03 Å². The third-order valence-corrected chi connectivity index (χ3v) is 6.18. The lowest BCUT2D eigenvalue weighted by molar-refractivity contribution is -0.146. The van der Waals surface area contributed by atoms with Crippen molar-refractivity contribution in [3.63, 3.8) is 0 Å². The third kappa shape index (κ3) is 4.66. The van der Waals surface area contributed by atoms with Gasteiger partial charge in [0.25, 0.3) is 10.2 Å². The number of ether oxygens (including phenoxy) is 1. The summed E-state index contributed by atoms with van der Waals surface area (Å²) in [7, 11) is -2.04. The number of rotatable bonds is 5. The maximum Gasteiger partial charge on any atom is 0.308 e. The Morgan fingerprint density at radius 1 is 1.14 bits per heavy atom. The maximum absolute atomic E-state index is 12.3. The molecule has 0 aromatic rings. The fraction of sp³-hybridized carbons (Fsp3) is 0.929. The zero-order valence-electron chi connectivity index (χ0n) is 12.7. The van der Waals surface area contributed by atoms with E-state index in [0.29, 0.717) is 38.4 Å². The summed E-state index contributed by atoms with van der Waals surface area (Å²) >= 11 is 0. The van der Waals surface area contributed by atoms with Crippen LogP contribution in [0.15, 0.2) is 0 Å². The van der Waals surface area contributed by atoms with Crippen molar-refractivity contribution in [3.05, 3.63) is 0 Å². The molecule has 0 aromatic heterocycles. The number of esters is 1. The third-order valence-electron chi connectivity index (χ3n) is 4.61. The predicted octanol–water partition coefficient (Wildman–Crippen LogP) is 1.29. The van der Waals surface area contributed by atoms with E-state index in [4.69, 9.17) is 4.74 Å². The fourth-order valence-electron chi connectivity index (χ4n) is 3.20. The van der Waals surface area contributed by atoms with Crippen LogP contribution in [0.4, 0.5) is 0 Å². The number of nitrogens with one attached hydrogen (secondary N) is 1. The molecule has 1 saturated heterocycles. The van der Waals surface area contributed by atoms with Crippen molar-refractivity contribution >= 4 is 16.2 Å². The lowest BCUT2D eigenvalue weighted by Crippen LogP contribution is -2.47. The molecule has 2 rings (SSSR count). The number of carbonyl (C=O) groups excluding carboxylic acids is 1. The highest BCUT2D eigenvalue weighted by Gasteiger charge is 2.31. The van der Waals surface area contributed by atoms with E-state index in [2.05, 4.69) is 4.72 Å². The molecule has 7 heteroatoms. The highest BCUT2D eigenvalue weighted by Crippen LogP contribution is 2.24. The van der Waals surface area contributed by atoms with E-state index in [1.165, 1.54) is 30.7 Å². The zero-order chi connectivity index (χ0) is 15.3. The number of nitrogens with zero attached hydrogens (tertiary/aromatic N) is 1. The van der Waals surface area contributed by atoms with Crippen molar-refractivity contribution in [2.24, 2.45) is 11.8 Å². The van der Waals surface area contributed by atoms with Crippen LogP contribution in [0.25, 0.3) is 0 Å². The van der Waals surface area contributed by atoms with E-state index in [9.17, 15) is 13.2 Å². The summed E-state index contributed by atoms with van der Waals surface area (Å²) in [5, 5.41) is 0. The fourth-order valence-corrected chi connectivity index (χ4v) is 4.52. The minimum absolute atomic E-state index is 0.167. The SMILES string of the molecule is COC(=O)C1CCN(S(=O)(=O)NCC2CCCCC2)CC1. The van der Waals surface area contributed by atoms with Crippen molar-refractivity contribution in [2.45, 2.75) is 44.9 Å². The summed E-state index contributed by atoms with van der Waals surface area (Å²) in [4.78, 5) is 11.4. The van der Waals surface area contributed by atoms with Crippen LogP contribution >= 0.6 is 0 Å². The first kappa shape index (κ1) is 16.7. The molecule has 6 nitrogen and oxygen atoms in total. The van der Waals surface area contributed by atoms with Gasteiger partial charge in [-0.1, -0.05) is 19.3 Å². The molecule has 0 bridgehead atoms. The molecule has 1 heterocycles. The largest absolute Gasteiger partial charge is 0.469 e.